The van der Waals surface area contributed by atoms with E-state index in [-0.39, 0.29) is 11.3 Å². The largest absolute Gasteiger partial charge is 0.507 e. The highest BCUT2D eigenvalue weighted by Crippen LogP contribution is 2.40. The van der Waals surface area contributed by atoms with E-state index in [2.05, 4.69) is 15.9 Å². The Morgan fingerprint density at radius 2 is 2.14 bits per heavy atom. The molecule has 0 fully saturated rings. The zero-order valence-corrected chi connectivity index (χ0v) is 12.8. The summed E-state index contributed by atoms with van der Waals surface area (Å²) in [4.78, 5) is 11.6. The Labute approximate surface area is 130 Å². The first-order chi connectivity index (χ1) is 9.91. The van der Waals surface area contributed by atoms with E-state index < -0.39 is 16.8 Å². The van der Waals surface area contributed by atoms with Crippen molar-refractivity contribution in [2.75, 3.05) is 6.61 Å². The molecule has 0 bridgehead atoms. The van der Waals surface area contributed by atoms with Crippen LogP contribution in [0.1, 0.15) is 15.9 Å². The second-order valence-corrected chi connectivity index (χ2v) is 6.65. The Balaban J connectivity index is 2.25. The predicted octanol–water partition coefficient (Wildman–Crippen LogP) is 1.81. The van der Waals surface area contributed by atoms with Gasteiger partial charge in [0.2, 0.25) is 0 Å². The van der Waals surface area contributed by atoms with Crippen LogP contribution in [0.25, 0.3) is 16.8 Å². The third-order valence-electron chi connectivity index (χ3n) is 3.42. The molecular formula is C15H12BBrO4. The Morgan fingerprint density at radius 3 is 2.86 bits per heavy atom. The quantitative estimate of drug-likeness (QED) is 0.494. The van der Waals surface area contributed by atoms with Crippen LogP contribution in [0.15, 0.2) is 30.3 Å². The number of rotatable bonds is 2. The number of aliphatic hydroxyl groups excluding tert-OH is 1. The highest BCUT2D eigenvalue weighted by Gasteiger charge is 2.25. The van der Waals surface area contributed by atoms with Crippen molar-refractivity contribution < 1.29 is 19.7 Å². The predicted molar refractivity (Wildman–Crippen MR) is 86.9 cm³/mol. The van der Waals surface area contributed by atoms with E-state index in [0.29, 0.717) is 5.75 Å². The molecule has 6 heteroatoms. The number of alkyl halides is 1. The van der Waals surface area contributed by atoms with Crippen molar-refractivity contribution in [1.29, 1.82) is 0 Å². The molecule has 0 amide bonds. The van der Waals surface area contributed by atoms with Crippen LogP contribution in [0.3, 0.4) is 0 Å². The maximum atomic E-state index is 11.6. The first kappa shape index (κ1) is 14.2. The molecule has 1 atom stereocenters. The maximum Gasteiger partial charge on any atom is 0.191 e. The smallest absolute Gasteiger partial charge is 0.191 e. The lowest BCUT2D eigenvalue weighted by Crippen LogP contribution is -2.28. The van der Waals surface area contributed by atoms with Crippen molar-refractivity contribution in [3.05, 3.63) is 41.5 Å². The van der Waals surface area contributed by atoms with E-state index >= 15 is 0 Å². The third-order valence-corrected chi connectivity index (χ3v) is 3.85. The van der Waals surface area contributed by atoms with E-state index in [1.807, 2.05) is 32.1 Å². The molecular weight excluding hydrogens is 335 g/mol. The van der Waals surface area contributed by atoms with Crippen molar-refractivity contribution in [1.82, 2.24) is 0 Å². The molecule has 21 heavy (non-hydrogen) atoms. The summed E-state index contributed by atoms with van der Waals surface area (Å²) < 4.78 is 5.29. The summed E-state index contributed by atoms with van der Waals surface area (Å²) in [7, 11) is 1.87. The van der Waals surface area contributed by atoms with Crippen LogP contribution in [0, 0.1) is 0 Å². The lowest BCUT2D eigenvalue weighted by Gasteiger charge is -2.27. The van der Waals surface area contributed by atoms with Crippen LogP contribution in [0.2, 0.25) is 0 Å². The fourth-order valence-electron chi connectivity index (χ4n) is 2.38. The molecule has 0 radical (unpaired) electrons. The summed E-state index contributed by atoms with van der Waals surface area (Å²) >= 11 is 3.46. The van der Waals surface area contributed by atoms with Crippen LogP contribution >= 0.6 is 15.9 Å². The van der Waals surface area contributed by atoms with Gasteiger partial charge in [0.15, 0.2) is 13.6 Å². The number of fused-ring (bicyclic) bond motifs is 3. The molecule has 1 aliphatic rings. The first-order valence-electron chi connectivity index (χ1n) is 6.42. The lowest BCUT2D eigenvalue weighted by atomic mass is 9.93. The molecule has 106 valence electrons. The van der Waals surface area contributed by atoms with Gasteiger partial charge < -0.3 is 14.9 Å². The minimum absolute atomic E-state index is 0.109. The standard InChI is InChI=1S/C15H12BBrO4/c16-15(17)4-3-8-1-2-9-5-11(13(20)7-18)12(19)6-10(9)14(8)21-15/h1-6,18-19H,7,16H2. The zero-order chi connectivity index (χ0) is 15.2. The second kappa shape index (κ2) is 4.89. The van der Waals surface area contributed by atoms with Crippen molar-refractivity contribution in [2.24, 2.45) is 0 Å². The van der Waals surface area contributed by atoms with E-state index in [1.165, 1.54) is 6.07 Å². The average Bonchev–Trinajstić information content (AvgIpc) is 2.45. The molecule has 2 aromatic carbocycles. The number of hydrogen-bond donors (Lipinski definition) is 2. The molecule has 1 unspecified atom stereocenters. The molecule has 4 nitrogen and oxygen atoms in total. The van der Waals surface area contributed by atoms with Crippen LogP contribution in [-0.2, 0) is 0 Å². The fraction of sp³-hybridized carbons (Fsp3) is 0.133. The fourth-order valence-corrected chi connectivity index (χ4v) is 2.67. The molecule has 3 rings (SSSR count). The number of phenols is 1. The van der Waals surface area contributed by atoms with Crippen molar-refractivity contribution in [3.8, 4) is 11.5 Å². The highest BCUT2D eigenvalue weighted by atomic mass is 79.9. The average molecular weight is 347 g/mol. The minimum Gasteiger partial charge on any atom is -0.507 e. The maximum absolute atomic E-state index is 11.6. The minimum atomic E-state index is -0.636. The molecule has 0 aromatic heterocycles. The van der Waals surface area contributed by atoms with E-state index in [9.17, 15) is 9.90 Å². The molecule has 2 N–H and O–H groups in total. The van der Waals surface area contributed by atoms with Gasteiger partial charge >= 0.3 is 0 Å². The molecule has 1 aliphatic heterocycles. The van der Waals surface area contributed by atoms with Crippen molar-refractivity contribution in [3.63, 3.8) is 0 Å². The highest BCUT2D eigenvalue weighted by molar-refractivity contribution is 9.10. The number of carbonyl (C=O) groups excluding carboxylic acids is 1. The van der Waals surface area contributed by atoms with Gasteiger partial charge in [0.1, 0.15) is 22.5 Å². The van der Waals surface area contributed by atoms with E-state index in [1.54, 1.807) is 6.07 Å². The Hall–Kier alpha value is -1.79. The van der Waals surface area contributed by atoms with Gasteiger partial charge in [-0.15, -0.1) is 0 Å². The van der Waals surface area contributed by atoms with Gasteiger partial charge in [0, 0.05) is 10.9 Å². The monoisotopic (exact) mass is 346 g/mol. The third kappa shape index (κ3) is 2.45. The number of ether oxygens (including phenoxy) is 1. The molecule has 0 saturated carbocycles. The Kier molecular flexibility index (Phi) is 3.30. The zero-order valence-electron chi connectivity index (χ0n) is 11.3. The Morgan fingerprint density at radius 1 is 1.38 bits per heavy atom. The summed E-state index contributed by atoms with van der Waals surface area (Å²) in [6, 6.07) is 6.81. The number of phenolic OH excluding ortho intramolecular Hbond substituents is 1. The Bertz CT molecular complexity index is 783. The molecule has 0 aliphatic carbocycles. The lowest BCUT2D eigenvalue weighted by molar-refractivity contribution is 0.0901. The van der Waals surface area contributed by atoms with Crippen LogP contribution in [-0.4, -0.2) is 34.9 Å². The number of aliphatic hydroxyl groups is 1. The molecule has 2 aromatic rings. The number of aromatic hydroxyl groups is 1. The van der Waals surface area contributed by atoms with Crippen LogP contribution < -0.4 is 4.74 Å². The number of benzene rings is 2. The number of ketones is 1. The van der Waals surface area contributed by atoms with Gasteiger partial charge in [0.05, 0.1) is 5.56 Å². The number of hydrogen-bond acceptors (Lipinski definition) is 4. The van der Waals surface area contributed by atoms with Gasteiger partial charge in [0.25, 0.3) is 0 Å². The summed E-state index contributed by atoms with van der Waals surface area (Å²) in [6.45, 7) is -0.636. The number of halogens is 1. The van der Waals surface area contributed by atoms with E-state index in [4.69, 9.17) is 9.84 Å². The summed E-state index contributed by atoms with van der Waals surface area (Å²) in [5.41, 5.74) is 1.01. The van der Waals surface area contributed by atoms with Crippen molar-refractivity contribution >= 4 is 46.4 Å². The second-order valence-electron chi connectivity index (χ2n) is 5.08. The first-order valence-corrected chi connectivity index (χ1v) is 7.21. The summed E-state index contributed by atoms with van der Waals surface area (Å²) in [5, 5.41) is 20.5. The van der Waals surface area contributed by atoms with Crippen LogP contribution in [0.5, 0.6) is 11.5 Å². The molecule has 0 saturated heterocycles. The molecule has 1 heterocycles. The van der Waals surface area contributed by atoms with Gasteiger partial charge in [-0.1, -0.05) is 18.2 Å². The van der Waals surface area contributed by atoms with Gasteiger partial charge in [-0.2, -0.15) is 0 Å². The topological polar surface area (TPSA) is 66.8 Å². The van der Waals surface area contributed by atoms with Gasteiger partial charge in [-0.25, -0.2) is 0 Å². The summed E-state index contributed by atoms with van der Waals surface area (Å²) in [5.74, 6) is -0.0321. The van der Waals surface area contributed by atoms with E-state index in [0.717, 1.165) is 16.3 Å². The summed E-state index contributed by atoms with van der Waals surface area (Å²) in [6.07, 6.45) is 3.83. The van der Waals surface area contributed by atoms with Crippen LogP contribution in [0.4, 0.5) is 0 Å². The normalized spacial score (nSPS) is 20.1. The number of Topliss-reactive ketones (excluding diaryl/α,β-unsaturated/α-hetero) is 1. The number of carbonyl (C=O) groups is 1. The van der Waals surface area contributed by atoms with Gasteiger partial charge in [-0.05, 0) is 39.5 Å². The van der Waals surface area contributed by atoms with Crippen molar-refractivity contribution in [2.45, 2.75) is 4.41 Å². The molecule has 0 spiro atoms. The van der Waals surface area contributed by atoms with Gasteiger partial charge in [-0.3, -0.25) is 4.79 Å². The SMILES string of the molecule is BC1(Br)C=Cc2ccc3cc(C(=O)CO)c(O)cc3c2O1.